The minimum atomic E-state index is -0.0743. The van der Waals surface area contributed by atoms with E-state index in [1.54, 1.807) is 19.2 Å². The molecule has 0 aliphatic heterocycles. The summed E-state index contributed by atoms with van der Waals surface area (Å²) in [4.78, 5) is 12.1. The second kappa shape index (κ2) is 10.3. The van der Waals surface area contributed by atoms with Crippen molar-refractivity contribution in [1.82, 2.24) is 20.1 Å². The molecule has 0 spiro atoms. The first kappa shape index (κ1) is 22.0. The van der Waals surface area contributed by atoms with E-state index in [9.17, 15) is 4.79 Å². The Morgan fingerprint density at radius 3 is 2.67 bits per heavy atom. The van der Waals surface area contributed by atoms with Crippen LogP contribution in [0.4, 0.5) is 0 Å². The molecular formula is C18H24Cl2N4O2S. The second-order valence-electron chi connectivity index (χ2n) is 6.65. The maximum absolute atomic E-state index is 12.1. The van der Waals surface area contributed by atoms with Gasteiger partial charge in [0.1, 0.15) is 0 Å². The van der Waals surface area contributed by atoms with Gasteiger partial charge in [0.25, 0.3) is 0 Å². The zero-order valence-corrected chi connectivity index (χ0v) is 18.2. The van der Waals surface area contributed by atoms with E-state index in [2.05, 4.69) is 29.4 Å². The molecule has 0 aliphatic carbocycles. The molecule has 0 bridgehead atoms. The lowest BCUT2D eigenvalue weighted by molar-refractivity contribution is -0.119. The van der Waals surface area contributed by atoms with Crippen LogP contribution in [-0.4, -0.2) is 46.2 Å². The first-order chi connectivity index (χ1) is 12.8. The number of amides is 1. The van der Waals surface area contributed by atoms with Crippen LogP contribution in [0.25, 0.3) is 11.4 Å². The van der Waals surface area contributed by atoms with Gasteiger partial charge in [0.2, 0.25) is 5.91 Å². The number of aromatic nitrogens is 3. The van der Waals surface area contributed by atoms with Crippen molar-refractivity contribution < 1.29 is 9.53 Å². The summed E-state index contributed by atoms with van der Waals surface area (Å²) in [7, 11) is 1.61. The van der Waals surface area contributed by atoms with Crippen molar-refractivity contribution in [3.8, 4) is 11.4 Å². The maximum Gasteiger partial charge on any atom is 0.230 e. The number of hydrogen-bond acceptors (Lipinski definition) is 5. The van der Waals surface area contributed by atoms with Crippen LogP contribution >= 0.6 is 35.0 Å². The van der Waals surface area contributed by atoms with Gasteiger partial charge in [0.05, 0.1) is 17.4 Å². The Bertz CT molecular complexity index is 783. The van der Waals surface area contributed by atoms with Crippen molar-refractivity contribution in [3.05, 3.63) is 28.2 Å². The minimum Gasteiger partial charge on any atom is -0.383 e. The number of benzene rings is 1. The van der Waals surface area contributed by atoms with E-state index < -0.39 is 0 Å². The molecule has 1 atom stereocenters. The van der Waals surface area contributed by atoms with Crippen LogP contribution in [0.3, 0.4) is 0 Å². The molecule has 6 nitrogen and oxygen atoms in total. The highest BCUT2D eigenvalue weighted by Gasteiger charge is 2.19. The van der Waals surface area contributed by atoms with Crippen molar-refractivity contribution in [1.29, 1.82) is 0 Å². The van der Waals surface area contributed by atoms with Crippen molar-refractivity contribution in [3.63, 3.8) is 0 Å². The number of carbonyl (C=O) groups is 1. The molecule has 0 radical (unpaired) electrons. The lowest BCUT2D eigenvalue weighted by Gasteiger charge is -2.14. The molecular weight excluding hydrogens is 407 g/mol. The monoisotopic (exact) mass is 430 g/mol. The number of carbonyl (C=O) groups excluding carboxylic acids is 1. The van der Waals surface area contributed by atoms with Gasteiger partial charge in [-0.2, -0.15) is 0 Å². The Morgan fingerprint density at radius 1 is 1.30 bits per heavy atom. The van der Waals surface area contributed by atoms with Crippen LogP contribution in [0.5, 0.6) is 0 Å². The fourth-order valence-corrected chi connectivity index (χ4v) is 3.79. The fraction of sp³-hybridized carbons (Fsp3) is 0.500. The number of thioether (sulfide) groups is 1. The molecule has 9 heteroatoms. The normalized spacial score (nSPS) is 12.4. The van der Waals surface area contributed by atoms with Crippen LogP contribution in [0.2, 0.25) is 10.0 Å². The number of nitrogens with one attached hydrogen (secondary N) is 1. The summed E-state index contributed by atoms with van der Waals surface area (Å²) in [6.07, 6.45) is 0. The summed E-state index contributed by atoms with van der Waals surface area (Å²) >= 11 is 13.7. The summed E-state index contributed by atoms with van der Waals surface area (Å²) in [5.41, 5.74) is 0.763. The Kier molecular flexibility index (Phi) is 8.41. The Labute approximate surface area is 174 Å². The van der Waals surface area contributed by atoms with Crippen LogP contribution in [0, 0.1) is 5.92 Å². The quantitative estimate of drug-likeness (QED) is 0.604. The summed E-state index contributed by atoms with van der Waals surface area (Å²) in [6, 6.07) is 5.25. The average Bonchev–Trinajstić information content (AvgIpc) is 2.95. The number of ether oxygens (including phenoxy) is 1. The molecule has 1 unspecified atom stereocenters. The van der Waals surface area contributed by atoms with Crippen LogP contribution in [0.15, 0.2) is 23.4 Å². The van der Waals surface area contributed by atoms with Gasteiger partial charge in [0, 0.05) is 30.3 Å². The molecule has 1 aromatic heterocycles. The number of methoxy groups -OCH3 is 1. The van der Waals surface area contributed by atoms with Gasteiger partial charge in [-0.15, -0.1) is 10.2 Å². The molecule has 27 heavy (non-hydrogen) atoms. The van der Waals surface area contributed by atoms with E-state index in [1.165, 1.54) is 11.8 Å². The Balaban J connectivity index is 2.19. The lowest BCUT2D eigenvalue weighted by atomic mass is 10.2. The predicted octanol–water partition coefficient (Wildman–Crippen LogP) is 4.15. The number of nitrogens with zero attached hydrogens (tertiary/aromatic N) is 3. The smallest absolute Gasteiger partial charge is 0.230 e. The van der Waals surface area contributed by atoms with Gasteiger partial charge in [-0.1, -0.05) is 48.8 Å². The van der Waals surface area contributed by atoms with E-state index in [0.717, 1.165) is 5.56 Å². The van der Waals surface area contributed by atoms with Gasteiger partial charge in [0.15, 0.2) is 11.0 Å². The molecule has 1 aromatic carbocycles. The van der Waals surface area contributed by atoms with E-state index in [-0.39, 0.29) is 17.7 Å². The number of rotatable bonds is 9. The zero-order valence-electron chi connectivity index (χ0n) is 15.8. The summed E-state index contributed by atoms with van der Waals surface area (Å²) < 4.78 is 7.03. The van der Waals surface area contributed by atoms with Gasteiger partial charge in [-0.25, -0.2) is 0 Å². The minimum absolute atomic E-state index is 0.0416. The van der Waals surface area contributed by atoms with Crippen molar-refractivity contribution in [2.75, 3.05) is 19.5 Å². The topological polar surface area (TPSA) is 69.0 Å². The molecule has 1 heterocycles. The SMILES string of the molecule is COCC(C)NC(=O)CSc1nnc(-c2ccc(Cl)cc2Cl)n1CC(C)C. The van der Waals surface area contributed by atoms with Gasteiger partial charge in [-0.3, -0.25) is 4.79 Å². The Hall–Kier alpha value is -1.28. The molecule has 0 saturated heterocycles. The fourth-order valence-electron chi connectivity index (χ4n) is 2.53. The number of halogens is 2. The van der Waals surface area contributed by atoms with Gasteiger partial charge < -0.3 is 14.6 Å². The highest BCUT2D eigenvalue weighted by Crippen LogP contribution is 2.31. The third-order valence-corrected chi connectivity index (χ3v) is 5.11. The molecule has 0 aliphatic rings. The van der Waals surface area contributed by atoms with Gasteiger partial charge in [-0.05, 0) is 31.0 Å². The first-order valence-electron chi connectivity index (χ1n) is 8.61. The van der Waals surface area contributed by atoms with Crippen molar-refractivity contribution >= 4 is 40.9 Å². The molecule has 148 valence electrons. The Morgan fingerprint density at radius 2 is 2.04 bits per heavy atom. The summed E-state index contributed by atoms with van der Waals surface area (Å²) in [6.45, 7) is 7.31. The molecule has 2 aromatic rings. The predicted molar refractivity (Wildman–Crippen MR) is 111 cm³/mol. The highest BCUT2D eigenvalue weighted by molar-refractivity contribution is 7.99. The van der Waals surface area contributed by atoms with E-state index in [4.69, 9.17) is 27.9 Å². The zero-order chi connectivity index (χ0) is 20.0. The van der Waals surface area contributed by atoms with E-state index in [0.29, 0.717) is 40.1 Å². The molecule has 0 fully saturated rings. The van der Waals surface area contributed by atoms with Crippen LogP contribution in [-0.2, 0) is 16.1 Å². The third-order valence-electron chi connectivity index (χ3n) is 3.59. The number of hydrogen-bond donors (Lipinski definition) is 1. The van der Waals surface area contributed by atoms with Crippen LogP contribution in [0.1, 0.15) is 20.8 Å². The average molecular weight is 431 g/mol. The largest absolute Gasteiger partial charge is 0.383 e. The third kappa shape index (κ3) is 6.38. The molecule has 1 amide bonds. The molecule has 0 saturated carbocycles. The van der Waals surface area contributed by atoms with E-state index in [1.807, 2.05) is 17.6 Å². The first-order valence-corrected chi connectivity index (χ1v) is 10.4. The summed E-state index contributed by atoms with van der Waals surface area (Å²) in [5, 5.41) is 13.2. The standard InChI is InChI=1S/C18H24Cl2N4O2S/c1-11(2)8-24-17(14-6-5-13(19)7-15(14)20)22-23-18(24)27-10-16(25)21-12(3)9-26-4/h5-7,11-12H,8-10H2,1-4H3,(H,21,25). The van der Waals surface area contributed by atoms with Crippen molar-refractivity contribution in [2.45, 2.75) is 38.5 Å². The highest BCUT2D eigenvalue weighted by atomic mass is 35.5. The second-order valence-corrected chi connectivity index (χ2v) is 8.43. The van der Waals surface area contributed by atoms with E-state index >= 15 is 0 Å². The molecule has 1 N–H and O–H groups in total. The molecule has 2 rings (SSSR count). The van der Waals surface area contributed by atoms with Crippen molar-refractivity contribution in [2.24, 2.45) is 5.92 Å². The lowest BCUT2D eigenvalue weighted by Crippen LogP contribution is -2.36. The summed E-state index contributed by atoms with van der Waals surface area (Å²) in [5.74, 6) is 1.22. The van der Waals surface area contributed by atoms with Gasteiger partial charge >= 0.3 is 0 Å². The maximum atomic E-state index is 12.1. The van der Waals surface area contributed by atoms with Crippen LogP contribution < -0.4 is 5.32 Å².